The summed E-state index contributed by atoms with van der Waals surface area (Å²) in [4.78, 5) is 12.6. The van der Waals surface area contributed by atoms with Crippen LogP contribution in [0.4, 0.5) is 0 Å². The lowest BCUT2D eigenvalue weighted by atomic mass is 10.1. The summed E-state index contributed by atoms with van der Waals surface area (Å²) in [5.41, 5.74) is 0.873. The predicted octanol–water partition coefficient (Wildman–Crippen LogP) is 3.49. The Kier molecular flexibility index (Phi) is 4.52. The van der Waals surface area contributed by atoms with Crippen LogP contribution in [-0.2, 0) is 0 Å². The van der Waals surface area contributed by atoms with Crippen LogP contribution in [0.2, 0.25) is 0 Å². The highest BCUT2D eigenvalue weighted by atomic mass is 16.5. The molecule has 3 rings (SSSR count). The van der Waals surface area contributed by atoms with Crippen molar-refractivity contribution in [2.24, 2.45) is 0 Å². The second-order valence-electron chi connectivity index (χ2n) is 5.25. The van der Waals surface area contributed by atoms with Gasteiger partial charge in [0.15, 0.2) is 16.9 Å². The van der Waals surface area contributed by atoms with Crippen LogP contribution in [0.1, 0.15) is 0 Å². The minimum atomic E-state index is -0.203. The minimum Gasteiger partial charge on any atom is -0.496 e. The fourth-order valence-corrected chi connectivity index (χ4v) is 2.64. The molecule has 3 aromatic rings. The van der Waals surface area contributed by atoms with Gasteiger partial charge in [0.05, 0.1) is 28.4 Å². The summed E-state index contributed by atoms with van der Waals surface area (Å²) in [6.45, 7) is 0. The molecule has 0 aliphatic heterocycles. The van der Waals surface area contributed by atoms with E-state index in [-0.39, 0.29) is 5.43 Å². The molecule has 1 heterocycles. The SMILES string of the molecule is COc1cc(OC)c2c(=O)cc(-c3ccc(OC)c(OC)c3)oc2c1. The third-order valence-corrected chi connectivity index (χ3v) is 3.89. The van der Waals surface area contributed by atoms with Crippen LogP contribution >= 0.6 is 0 Å². The molecule has 1 aromatic heterocycles. The van der Waals surface area contributed by atoms with Crippen molar-refractivity contribution in [1.82, 2.24) is 0 Å². The summed E-state index contributed by atoms with van der Waals surface area (Å²) >= 11 is 0. The van der Waals surface area contributed by atoms with E-state index in [1.807, 2.05) is 0 Å². The summed E-state index contributed by atoms with van der Waals surface area (Å²) in [5.74, 6) is 2.50. The van der Waals surface area contributed by atoms with Crippen LogP contribution in [0.25, 0.3) is 22.3 Å². The number of rotatable bonds is 5. The van der Waals surface area contributed by atoms with E-state index in [4.69, 9.17) is 23.4 Å². The van der Waals surface area contributed by atoms with Crippen molar-refractivity contribution in [2.45, 2.75) is 0 Å². The van der Waals surface area contributed by atoms with Crippen LogP contribution in [0.5, 0.6) is 23.0 Å². The monoisotopic (exact) mass is 342 g/mol. The normalized spacial score (nSPS) is 10.6. The van der Waals surface area contributed by atoms with Crippen LogP contribution in [0, 0.1) is 0 Å². The molecule has 0 N–H and O–H groups in total. The standard InChI is InChI=1S/C19H18O6/c1-21-12-8-17(24-4)19-13(20)10-15(25-18(19)9-12)11-5-6-14(22-2)16(7-11)23-3/h5-10H,1-4H3. The molecule has 2 aromatic carbocycles. The van der Waals surface area contributed by atoms with E-state index >= 15 is 0 Å². The zero-order valence-corrected chi connectivity index (χ0v) is 14.4. The highest BCUT2D eigenvalue weighted by Crippen LogP contribution is 2.35. The second-order valence-corrected chi connectivity index (χ2v) is 5.25. The van der Waals surface area contributed by atoms with Crippen LogP contribution < -0.4 is 24.4 Å². The molecular weight excluding hydrogens is 324 g/mol. The Balaban J connectivity index is 2.23. The number of hydrogen-bond donors (Lipinski definition) is 0. The van der Waals surface area contributed by atoms with Crippen LogP contribution in [0.15, 0.2) is 45.6 Å². The number of hydrogen-bond acceptors (Lipinski definition) is 6. The molecule has 0 saturated heterocycles. The molecule has 0 saturated carbocycles. The number of benzene rings is 2. The molecule has 0 aliphatic carbocycles. The van der Waals surface area contributed by atoms with Crippen molar-refractivity contribution in [1.29, 1.82) is 0 Å². The third-order valence-electron chi connectivity index (χ3n) is 3.89. The Hall–Kier alpha value is -3.15. The first-order valence-corrected chi connectivity index (χ1v) is 7.53. The van der Waals surface area contributed by atoms with Gasteiger partial charge in [-0.3, -0.25) is 4.79 Å². The van der Waals surface area contributed by atoms with E-state index < -0.39 is 0 Å². The van der Waals surface area contributed by atoms with Gasteiger partial charge >= 0.3 is 0 Å². The Morgan fingerprint density at radius 3 is 2.12 bits per heavy atom. The molecule has 25 heavy (non-hydrogen) atoms. The van der Waals surface area contributed by atoms with Gasteiger partial charge in [-0.05, 0) is 18.2 Å². The Bertz CT molecular complexity index is 974. The van der Waals surface area contributed by atoms with Crippen molar-refractivity contribution in [2.75, 3.05) is 28.4 Å². The lowest BCUT2D eigenvalue weighted by Crippen LogP contribution is -2.03. The van der Waals surface area contributed by atoms with Crippen molar-refractivity contribution in [3.63, 3.8) is 0 Å². The van der Waals surface area contributed by atoms with Gasteiger partial charge in [-0.2, -0.15) is 0 Å². The van der Waals surface area contributed by atoms with E-state index in [1.54, 1.807) is 44.6 Å². The summed E-state index contributed by atoms with van der Waals surface area (Å²) in [6.07, 6.45) is 0. The lowest BCUT2D eigenvalue weighted by molar-refractivity contribution is 0.355. The summed E-state index contributed by atoms with van der Waals surface area (Å²) < 4.78 is 27.0. The first kappa shape index (κ1) is 16.7. The number of fused-ring (bicyclic) bond motifs is 1. The molecule has 0 fully saturated rings. The molecule has 6 nitrogen and oxygen atoms in total. The van der Waals surface area contributed by atoms with Gasteiger partial charge < -0.3 is 23.4 Å². The molecule has 0 unspecified atom stereocenters. The van der Waals surface area contributed by atoms with Crippen molar-refractivity contribution >= 4 is 11.0 Å². The lowest BCUT2D eigenvalue weighted by Gasteiger charge is -2.11. The molecule has 130 valence electrons. The maximum atomic E-state index is 12.6. The maximum absolute atomic E-state index is 12.6. The van der Waals surface area contributed by atoms with Crippen molar-refractivity contribution < 1.29 is 23.4 Å². The zero-order chi connectivity index (χ0) is 18.0. The van der Waals surface area contributed by atoms with Crippen molar-refractivity contribution in [3.05, 3.63) is 46.6 Å². The zero-order valence-electron chi connectivity index (χ0n) is 14.4. The number of ether oxygens (including phenoxy) is 4. The van der Waals surface area contributed by atoms with E-state index in [9.17, 15) is 4.79 Å². The van der Waals surface area contributed by atoms with E-state index in [2.05, 4.69) is 0 Å². The smallest absolute Gasteiger partial charge is 0.197 e. The molecule has 0 atom stereocenters. The molecule has 6 heteroatoms. The van der Waals surface area contributed by atoms with Gasteiger partial charge in [-0.1, -0.05) is 0 Å². The average molecular weight is 342 g/mol. The molecule has 0 amide bonds. The van der Waals surface area contributed by atoms with Gasteiger partial charge in [0.2, 0.25) is 0 Å². The fourth-order valence-electron chi connectivity index (χ4n) is 2.64. The number of methoxy groups -OCH3 is 4. The molecular formula is C19H18O6. The highest BCUT2D eigenvalue weighted by molar-refractivity contribution is 5.86. The van der Waals surface area contributed by atoms with Gasteiger partial charge in [0.25, 0.3) is 0 Å². The Labute approximate surface area is 144 Å². The minimum absolute atomic E-state index is 0.203. The fraction of sp³-hybridized carbons (Fsp3) is 0.211. The van der Waals surface area contributed by atoms with Crippen LogP contribution in [-0.4, -0.2) is 28.4 Å². The van der Waals surface area contributed by atoms with E-state index in [0.717, 1.165) is 0 Å². The molecule has 0 bridgehead atoms. The Morgan fingerprint density at radius 1 is 0.760 bits per heavy atom. The maximum Gasteiger partial charge on any atom is 0.197 e. The van der Waals surface area contributed by atoms with Gasteiger partial charge in [-0.25, -0.2) is 0 Å². The van der Waals surface area contributed by atoms with Gasteiger partial charge in [0, 0.05) is 23.8 Å². The largest absolute Gasteiger partial charge is 0.496 e. The van der Waals surface area contributed by atoms with Gasteiger partial charge in [-0.15, -0.1) is 0 Å². The van der Waals surface area contributed by atoms with Crippen molar-refractivity contribution in [3.8, 4) is 34.3 Å². The molecule has 0 aliphatic rings. The first-order chi connectivity index (χ1) is 12.1. The van der Waals surface area contributed by atoms with E-state index in [1.165, 1.54) is 20.3 Å². The predicted molar refractivity (Wildman–Crippen MR) is 94.1 cm³/mol. The van der Waals surface area contributed by atoms with Gasteiger partial charge in [0.1, 0.15) is 28.2 Å². The van der Waals surface area contributed by atoms with Crippen LogP contribution in [0.3, 0.4) is 0 Å². The quantitative estimate of drug-likeness (QED) is 0.707. The molecule has 0 radical (unpaired) electrons. The average Bonchev–Trinajstić information content (AvgIpc) is 2.65. The molecule has 0 spiro atoms. The highest BCUT2D eigenvalue weighted by Gasteiger charge is 2.15. The second kappa shape index (κ2) is 6.76. The summed E-state index contributed by atoms with van der Waals surface area (Å²) in [7, 11) is 6.15. The first-order valence-electron chi connectivity index (χ1n) is 7.53. The summed E-state index contributed by atoms with van der Waals surface area (Å²) in [6, 6.07) is 10.0. The summed E-state index contributed by atoms with van der Waals surface area (Å²) in [5, 5.41) is 0.368. The van der Waals surface area contributed by atoms with E-state index in [0.29, 0.717) is 45.3 Å². The third kappa shape index (κ3) is 2.98. The Morgan fingerprint density at radius 2 is 1.48 bits per heavy atom. The topological polar surface area (TPSA) is 67.1 Å².